The van der Waals surface area contributed by atoms with Crippen molar-refractivity contribution in [2.75, 3.05) is 40.5 Å². The van der Waals surface area contributed by atoms with Crippen LogP contribution in [0.1, 0.15) is 18.4 Å². The van der Waals surface area contributed by atoms with Crippen molar-refractivity contribution in [2.24, 2.45) is 0 Å². The minimum Gasteiger partial charge on any atom is -0.493 e. The largest absolute Gasteiger partial charge is 0.493 e. The van der Waals surface area contributed by atoms with Crippen LogP contribution in [0.4, 0.5) is 0 Å². The molecule has 10 heteroatoms. The molecule has 1 spiro atoms. The van der Waals surface area contributed by atoms with Gasteiger partial charge in [-0.2, -0.15) is 0 Å². The van der Waals surface area contributed by atoms with Crippen LogP contribution in [-0.2, 0) is 30.4 Å². The van der Waals surface area contributed by atoms with Gasteiger partial charge in [0.25, 0.3) is 6.47 Å². The van der Waals surface area contributed by atoms with E-state index in [1.165, 1.54) is 7.11 Å². The fraction of sp³-hybridized carbons (Fsp3) is 0.550. The summed E-state index contributed by atoms with van der Waals surface area (Å²) in [5.41, 5.74) is 0.628. The van der Waals surface area contributed by atoms with Crippen molar-refractivity contribution in [3.8, 4) is 11.5 Å². The first-order valence-electron chi connectivity index (χ1n) is 9.62. The van der Waals surface area contributed by atoms with Crippen LogP contribution < -0.4 is 9.47 Å². The Morgan fingerprint density at radius 1 is 1.33 bits per heavy atom. The van der Waals surface area contributed by atoms with Crippen LogP contribution in [0.3, 0.4) is 0 Å². The first kappa shape index (κ1) is 21.8. The summed E-state index contributed by atoms with van der Waals surface area (Å²) in [4.78, 5) is 36.2. The predicted octanol–water partition coefficient (Wildman–Crippen LogP) is 0.481. The van der Waals surface area contributed by atoms with E-state index in [2.05, 4.69) is 9.64 Å². The topological polar surface area (TPSA) is 115 Å². The monoisotopic (exact) mass is 422 g/mol. The van der Waals surface area contributed by atoms with Gasteiger partial charge in [0, 0.05) is 32.5 Å². The summed E-state index contributed by atoms with van der Waals surface area (Å²) in [5.74, 6) is 0.791. The second kappa shape index (κ2) is 9.31. The molecule has 0 radical (unpaired) electrons. The van der Waals surface area contributed by atoms with E-state index in [1.54, 1.807) is 13.2 Å². The minimum absolute atomic E-state index is 0.0914. The molecule has 0 saturated carbocycles. The molecule has 3 aliphatic heterocycles. The highest BCUT2D eigenvalue weighted by Crippen LogP contribution is 2.46. The van der Waals surface area contributed by atoms with Gasteiger partial charge in [0.15, 0.2) is 23.8 Å². The van der Waals surface area contributed by atoms with Gasteiger partial charge in [-0.3, -0.25) is 14.5 Å². The molecule has 2 atom stereocenters. The zero-order valence-electron chi connectivity index (χ0n) is 17.0. The first-order chi connectivity index (χ1) is 14.5. The molecule has 3 aliphatic rings. The Morgan fingerprint density at radius 3 is 2.80 bits per heavy atom. The second-order valence-electron chi connectivity index (χ2n) is 7.13. The van der Waals surface area contributed by atoms with Crippen molar-refractivity contribution in [3.05, 3.63) is 23.8 Å². The van der Waals surface area contributed by atoms with Gasteiger partial charge < -0.3 is 29.0 Å². The number of ether oxygens (including phenoxy) is 4. The van der Waals surface area contributed by atoms with Crippen LogP contribution in [0.25, 0.3) is 0 Å². The lowest BCUT2D eigenvalue weighted by atomic mass is 10.1. The van der Waals surface area contributed by atoms with E-state index >= 15 is 0 Å². The second-order valence-corrected chi connectivity index (χ2v) is 7.13. The number of amides is 1. The van der Waals surface area contributed by atoms with Gasteiger partial charge in [0.1, 0.15) is 0 Å². The van der Waals surface area contributed by atoms with Crippen molar-refractivity contribution in [1.29, 1.82) is 0 Å². The highest BCUT2D eigenvalue weighted by atomic mass is 16.6. The number of benzene rings is 1. The maximum atomic E-state index is 12.3. The Balaban J connectivity index is 0.000000806. The SMILES string of the molecule is COC(=O)COc1ccc(CN2CC[C@@]34OCCN3C(=O)C[C@@H]24)cc1OC.O=CO. The van der Waals surface area contributed by atoms with E-state index in [9.17, 15) is 9.59 Å². The number of methoxy groups -OCH3 is 2. The normalized spacial score (nSPS) is 24.5. The zero-order valence-corrected chi connectivity index (χ0v) is 17.0. The molecule has 0 aromatic heterocycles. The summed E-state index contributed by atoms with van der Waals surface area (Å²) >= 11 is 0. The number of esters is 1. The highest BCUT2D eigenvalue weighted by Gasteiger charge is 2.61. The highest BCUT2D eigenvalue weighted by molar-refractivity contribution is 5.81. The predicted molar refractivity (Wildman–Crippen MR) is 103 cm³/mol. The third-order valence-electron chi connectivity index (χ3n) is 5.70. The number of likely N-dealkylation sites (tertiary alicyclic amines) is 1. The maximum Gasteiger partial charge on any atom is 0.343 e. The van der Waals surface area contributed by atoms with E-state index in [0.29, 0.717) is 37.6 Å². The molecule has 3 fully saturated rings. The van der Waals surface area contributed by atoms with Crippen molar-refractivity contribution < 1.29 is 38.4 Å². The van der Waals surface area contributed by atoms with Gasteiger partial charge in [-0.15, -0.1) is 0 Å². The van der Waals surface area contributed by atoms with E-state index < -0.39 is 11.7 Å². The standard InChI is InChI=1S/C19H24N2O6.CH2O2/c1-24-15-9-13(3-4-14(15)26-12-18(23)25-2)11-20-6-5-19-16(20)10-17(22)21(19)7-8-27-19;2-1-3/h3-4,9,16H,5-8,10-12H2,1-2H3;1H,(H,2,3)/t16-,19+;/m1./s1. The average Bonchev–Trinajstić information content (AvgIpc) is 3.39. The van der Waals surface area contributed by atoms with Crippen LogP contribution in [0.15, 0.2) is 18.2 Å². The van der Waals surface area contributed by atoms with Crippen LogP contribution in [0, 0.1) is 0 Å². The summed E-state index contributed by atoms with van der Waals surface area (Å²) in [6.07, 6.45) is 1.36. The summed E-state index contributed by atoms with van der Waals surface area (Å²) < 4.78 is 21.5. The minimum atomic E-state index is -0.449. The fourth-order valence-corrected chi connectivity index (χ4v) is 4.42. The Kier molecular flexibility index (Phi) is 6.78. The average molecular weight is 422 g/mol. The van der Waals surface area contributed by atoms with Gasteiger partial charge in [-0.25, -0.2) is 4.79 Å². The molecule has 3 saturated heterocycles. The molecule has 30 heavy (non-hydrogen) atoms. The molecular weight excluding hydrogens is 396 g/mol. The Labute approximate surface area is 174 Å². The fourth-order valence-electron chi connectivity index (χ4n) is 4.42. The van der Waals surface area contributed by atoms with E-state index in [-0.39, 0.29) is 25.0 Å². The molecule has 164 valence electrons. The molecule has 1 aromatic carbocycles. The van der Waals surface area contributed by atoms with Crippen LogP contribution in [0.5, 0.6) is 11.5 Å². The lowest BCUT2D eigenvalue weighted by molar-refractivity contribution is -0.143. The number of carbonyl (C=O) groups excluding carboxylic acids is 2. The Hall–Kier alpha value is -2.85. The summed E-state index contributed by atoms with van der Waals surface area (Å²) in [7, 11) is 2.88. The molecule has 4 rings (SSSR count). The lowest BCUT2D eigenvalue weighted by Crippen LogP contribution is -2.47. The number of hydrogen-bond acceptors (Lipinski definition) is 8. The molecule has 1 amide bonds. The Bertz CT molecular complexity index is 801. The van der Waals surface area contributed by atoms with E-state index in [1.807, 2.05) is 17.0 Å². The lowest BCUT2D eigenvalue weighted by Gasteiger charge is -2.31. The molecule has 0 unspecified atom stereocenters. The third kappa shape index (κ3) is 4.05. The number of carbonyl (C=O) groups is 3. The van der Waals surface area contributed by atoms with Crippen LogP contribution in [-0.4, -0.2) is 85.5 Å². The quantitative estimate of drug-likeness (QED) is 0.516. The van der Waals surface area contributed by atoms with Crippen LogP contribution in [0.2, 0.25) is 0 Å². The van der Waals surface area contributed by atoms with E-state index in [0.717, 1.165) is 18.5 Å². The van der Waals surface area contributed by atoms with E-state index in [4.69, 9.17) is 24.1 Å². The zero-order chi connectivity index (χ0) is 21.7. The van der Waals surface area contributed by atoms with Gasteiger partial charge >= 0.3 is 5.97 Å². The van der Waals surface area contributed by atoms with Crippen molar-refractivity contribution >= 4 is 18.3 Å². The van der Waals surface area contributed by atoms with Crippen molar-refractivity contribution in [2.45, 2.75) is 31.2 Å². The van der Waals surface area contributed by atoms with Gasteiger partial charge in [0.2, 0.25) is 5.91 Å². The van der Waals surface area contributed by atoms with Gasteiger partial charge in [-0.1, -0.05) is 6.07 Å². The maximum absolute atomic E-state index is 12.3. The summed E-state index contributed by atoms with van der Waals surface area (Å²) in [6.45, 7) is 2.49. The molecule has 0 aliphatic carbocycles. The van der Waals surface area contributed by atoms with Crippen molar-refractivity contribution in [3.63, 3.8) is 0 Å². The molecule has 3 heterocycles. The third-order valence-corrected chi connectivity index (χ3v) is 5.70. The Morgan fingerprint density at radius 2 is 2.10 bits per heavy atom. The summed E-state index contributed by atoms with van der Waals surface area (Å²) in [6, 6.07) is 5.74. The molecule has 0 bridgehead atoms. The molecule has 1 aromatic rings. The summed E-state index contributed by atoms with van der Waals surface area (Å²) in [5, 5.41) is 6.89. The van der Waals surface area contributed by atoms with Crippen LogP contribution >= 0.6 is 0 Å². The molecule has 10 nitrogen and oxygen atoms in total. The van der Waals surface area contributed by atoms with Gasteiger partial charge in [0.05, 0.1) is 26.9 Å². The molecule has 1 N–H and O–H groups in total. The smallest absolute Gasteiger partial charge is 0.343 e. The molecular formula is C20H26N2O8. The van der Waals surface area contributed by atoms with Gasteiger partial charge in [-0.05, 0) is 17.7 Å². The number of rotatable bonds is 6. The van der Waals surface area contributed by atoms with Crippen molar-refractivity contribution in [1.82, 2.24) is 9.80 Å². The first-order valence-corrected chi connectivity index (χ1v) is 9.62. The number of nitrogens with zero attached hydrogens (tertiary/aromatic N) is 2. The number of hydrogen-bond donors (Lipinski definition) is 1. The number of carboxylic acid groups (broad SMARTS) is 1.